The van der Waals surface area contributed by atoms with Gasteiger partial charge in [0.2, 0.25) is 5.75 Å². The van der Waals surface area contributed by atoms with Crippen LogP contribution >= 0.6 is 11.3 Å². The molecule has 9 heteroatoms. The predicted molar refractivity (Wildman–Crippen MR) is 151 cm³/mol. The standard InChI is InChI=1S/C30H28N2O6S/c1-6-17-9-12-20-23(13-17)39-30(31-20)32-25(19-14-21(36-3)28(38-5)22(15-19)37-4)24(27(34)29(32)35)26(33)18-10-7-16(2)8-11-18/h7-15,25,33H,6H2,1-5H3/t25-/m1/s1. The Hall–Kier alpha value is -4.37. The van der Waals surface area contributed by atoms with Crippen LogP contribution in [0.4, 0.5) is 5.13 Å². The third-order valence-corrected chi connectivity index (χ3v) is 7.85. The number of carbonyl (C=O) groups excluding carboxylic acids is 2. The van der Waals surface area contributed by atoms with Gasteiger partial charge in [-0.15, -0.1) is 0 Å². The number of hydrogen-bond acceptors (Lipinski definition) is 8. The van der Waals surface area contributed by atoms with Crippen molar-refractivity contribution in [2.75, 3.05) is 26.2 Å². The minimum absolute atomic E-state index is 0.0494. The van der Waals surface area contributed by atoms with Gasteiger partial charge in [0.05, 0.1) is 43.2 Å². The number of ether oxygens (including phenoxy) is 3. The van der Waals surface area contributed by atoms with Gasteiger partial charge in [0, 0.05) is 5.56 Å². The Morgan fingerprint density at radius 2 is 1.64 bits per heavy atom. The van der Waals surface area contributed by atoms with Gasteiger partial charge in [-0.2, -0.15) is 0 Å². The number of nitrogens with zero attached hydrogens (tertiary/aromatic N) is 2. The molecule has 1 aliphatic heterocycles. The van der Waals surface area contributed by atoms with Crippen molar-refractivity contribution in [3.8, 4) is 17.2 Å². The van der Waals surface area contributed by atoms with Gasteiger partial charge in [-0.05, 0) is 48.7 Å². The smallest absolute Gasteiger partial charge is 0.301 e. The first-order valence-corrected chi connectivity index (χ1v) is 13.2. The SMILES string of the molecule is CCc1ccc2nc(N3C(=O)C(=O)C(=C(O)c4ccc(C)cc4)[C@H]3c3cc(OC)c(OC)c(OC)c3)sc2c1. The zero-order valence-corrected chi connectivity index (χ0v) is 23.1. The van der Waals surface area contributed by atoms with Crippen LogP contribution in [0.2, 0.25) is 0 Å². The van der Waals surface area contributed by atoms with Crippen LogP contribution in [-0.4, -0.2) is 43.1 Å². The van der Waals surface area contributed by atoms with Crippen molar-refractivity contribution >= 4 is 44.1 Å². The van der Waals surface area contributed by atoms with Crippen molar-refractivity contribution in [1.82, 2.24) is 4.98 Å². The first kappa shape index (κ1) is 26.2. The Labute approximate surface area is 230 Å². The molecule has 5 rings (SSSR count). The highest BCUT2D eigenvalue weighted by Gasteiger charge is 2.48. The van der Waals surface area contributed by atoms with Gasteiger partial charge in [0.1, 0.15) is 5.76 Å². The number of fused-ring (bicyclic) bond motifs is 1. The number of aliphatic hydroxyl groups is 1. The lowest BCUT2D eigenvalue weighted by Crippen LogP contribution is -2.29. The molecule has 0 radical (unpaired) electrons. The predicted octanol–water partition coefficient (Wildman–Crippen LogP) is 5.82. The summed E-state index contributed by atoms with van der Waals surface area (Å²) in [5.41, 5.74) is 3.72. The summed E-state index contributed by atoms with van der Waals surface area (Å²) in [7, 11) is 4.47. The maximum atomic E-state index is 13.6. The van der Waals surface area contributed by atoms with Crippen molar-refractivity contribution in [3.63, 3.8) is 0 Å². The Morgan fingerprint density at radius 3 is 2.23 bits per heavy atom. The second-order valence-corrected chi connectivity index (χ2v) is 10.2. The van der Waals surface area contributed by atoms with Crippen LogP contribution in [0.15, 0.2) is 60.2 Å². The van der Waals surface area contributed by atoms with Crippen LogP contribution in [0, 0.1) is 6.92 Å². The molecule has 1 atom stereocenters. The molecular formula is C30H28N2O6S. The summed E-state index contributed by atoms with van der Waals surface area (Å²) in [6, 6.07) is 15.4. The van der Waals surface area contributed by atoms with Crippen molar-refractivity contribution in [2.45, 2.75) is 26.3 Å². The molecule has 200 valence electrons. The quantitative estimate of drug-likeness (QED) is 0.178. The van der Waals surface area contributed by atoms with E-state index in [1.54, 1.807) is 24.3 Å². The third kappa shape index (κ3) is 4.48. The second-order valence-electron chi connectivity index (χ2n) is 9.15. The number of amides is 1. The highest BCUT2D eigenvalue weighted by molar-refractivity contribution is 7.22. The molecule has 0 unspecified atom stereocenters. The molecule has 0 bridgehead atoms. The van der Waals surface area contributed by atoms with E-state index in [4.69, 9.17) is 19.2 Å². The second kappa shape index (κ2) is 10.4. The molecule has 39 heavy (non-hydrogen) atoms. The van der Waals surface area contributed by atoms with Gasteiger partial charge in [0.25, 0.3) is 5.78 Å². The van der Waals surface area contributed by atoms with Crippen molar-refractivity contribution in [1.29, 1.82) is 0 Å². The number of aryl methyl sites for hydroxylation is 2. The molecule has 1 aromatic heterocycles. The van der Waals surface area contributed by atoms with Crippen molar-refractivity contribution in [2.24, 2.45) is 0 Å². The summed E-state index contributed by atoms with van der Waals surface area (Å²) in [5.74, 6) is -0.790. The number of hydrogen-bond donors (Lipinski definition) is 1. The normalized spacial score (nSPS) is 16.6. The number of carbonyl (C=O) groups is 2. The molecule has 4 aromatic rings. The average Bonchev–Trinajstić information content (AvgIpc) is 3.49. The minimum atomic E-state index is -0.994. The van der Waals surface area contributed by atoms with Gasteiger partial charge in [-0.3, -0.25) is 14.5 Å². The van der Waals surface area contributed by atoms with Gasteiger partial charge in [-0.25, -0.2) is 4.98 Å². The number of benzene rings is 3. The number of aliphatic hydroxyl groups excluding tert-OH is 1. The minimum Gasteiger partial charge on any atom is -0.507 e. The average molecular weight is 545 g/mol. The highest BCUT2D eigenvalue weighted by Crippen LogP contribution is 2.48. The molecule has 2 heterocycles. The molecule has 1 amide bonds. The Bertz CT molecular complexity index is 1600. The fraction of sp³-hybridized carbons (Fsp3) is 0.233. The first-order chi connectivity index (χ1) is 18.8. The van der Waals surface area contributed by atoms with E-state index in [2.05, 4.69) is 6.92 Å². The summed E-state index contributed by atoms with van der Waals surface area (Å²) in [6.07, 6.45) is 0.857. The Morgan fingerprint density at radius 1 is 0.974 bits per heavy atom. The number of ketones is 1. The van der Waals surface area contributed by atoms with E-state index in [1.165, 1.54) is 37.6 Å². The van der Waals surface area contributed by atoms with Crippen LogP contribution in [0.3, 0.4) is 0 Å². The van der Waals surface area contributed by atoms with E-state index in [0.29, 0.717) is 33.5 Å². The van der Waals surface area contributed by atoms with Crippen LogP contribution in [0.1, 0.15) is 35.2 Å². The summed E-state index contributed by atoms with van der Waals surface area (Å²) in [6.45, 7) is 3.99. The third-order valence-electron chi connectivity index (χ3n) is 6.83. The maximum absolute atomic E-state index is 13.6. The molecule has 1 saturated heterocycles. The number of aromatic nitrogens is 1. The summed E-state index contributed by atoms with van der Waals surface area (Å²) in [4.78, 5) is 33.3. The zero-order valence-electron chi connectivity index (χ0n) is 22.3. The molecule has 3 aromatic carbocycles. The summed E-state index contributed by atoms with van der Waals surface area (Å²) < 4.78 is 17.5. The highest BCUT2D eigenvalue weighted by atomic mass is 32.1. The van der Waals surface area contributed by atoms with E-state index in [9.17, 15) is 14.7 Å². The molecule has 0 saturated carbocycles. The molecule has 8 nitrogen and oxygen atoms in total. The van der Waals surface area contributed by atoms with Crippen molar-refractivity contribution in [3.05, 3.63) is 82.4 Å². The lowest BCUT2D eigenvalue weighted by Gasteiger charge is -2.24. The Kier molecular flexibility index (Phi) is 7.01. The number of Topliss-reactive ketones (excluding diaryl/α,β-unsaturated/α-hetero) is 1. The van der Waals surface area contributed by atoms with E-state index in [-0.39, 0.29) is 11.3 Å². The van der Waals surface area contributed by atoms with Crippen LogP contribution in [0.25, 0.3) is 16.0 Å². The molecular weight excluding hydrogens is 516 g/mol. The van der Waals surface area contributed by atoms with Crippen LogP contribution in [0.5, 0.6) is 17.2 Å². The molecule has 0 spiro atoms. The number of rotatable bonds is 7. The molecule has 1 fully saturated rings. The van der Waals surface area contributed by atoms with Crippen LogP contribution < -0.4 is 19.1 Å². The first-order valence-electron chi connectivity index (χ1n) is 12.4. The van der Waals surface area contributed by atoms with Gasteiger partial charge < -0.3 is 19.3 Å². The monoisotopic (exact) mass is 544 g/mol. The number of thiazole rings is 1. The fourth-order valence-corrected chi connectivity index (χ4v) is 5.81. The van der Waals surface area contributed by atoms with Gasteiger partial charge in [-0.1, -0.05) is 54.2 Å². The van der Waals surface area contributed by atoms with E-state index in [1.807, 2.05) is 37.3 Å². The van der Waals surface area contributed by atoms with Crippen LogP contribution in [-0.2, 0) is 16.0 Å². The zero-order chi connectivity index (χ0) is 27.8. The molecule has 1 N–H and O–H groups in total. The largest absolute Gasteiger partial charge is 0.507 e. The number of anilines is 1. The van der Waals surface area contributed by atoms with Gasteiger partial charge in [0.15, 0.2) is 16.6 Å². The summed E-state index contributed by atoms with van der Waals surface area (Å²) in [5, 5.41) is 11.8. The van der Waals surface area contributed by atoms with Crippen molar-refractivity contribution < 1.29 is 28.9 Å². The molecule has 0 aliphatic carbocycles. The van der Waals surface area contributed by atoms with E-state index in [0.717, 1.165) is 27.8 Å². The lowest BCUT2D eigenvalue weighted by molar-refractivity contribution is -0.132. The topological polar surface area (TPSA) is 98.2 Å². The number of methoxy groups -OCH3 is 3. The van der Waals surface area contributed by atoms with E-state index < -0.39 is 17.7 Å². The fourth-order valence-electron chi connectivity index (χ4n) is 4.75. The molecule has 1 aliphatic rings. The van der Waals surface area contributed by atoms with E-state index >= 15 is 0 Å². The Balaban J connectivity index is 1.77. The lowest BCUT2D eigenvalue weighted by atomic mass is 9.94. The van der Waals surface area contributed by atoms with Gasteiger partial charge >= 0.3 is 5.91 Å². The summed E-state index contributed by atoms with van der Waals surface area (Å²) >= 11 is 1.32. The maximum Gasteiger partial charge on any atom is 0.301 e.